The summed E-state index contributed by atoms with van der Waals surface area (Å²) in [4.78, 5) is 42.5. The van der Waals surface area contributed by atoms with Crippen LogP contribution in [0, 0.1) is 13.8 Å². The molecule has 0 bridgehead atoms. The van der Waals surface area contributed by atoms with Crippen LogP contribution in [0.25, 0.3) is 16.6 Å². The summed E-state index contributed by atoms with van der Waals surface area (Å²) in [6.45, 7) is 5.66. The van der Waals surface area contributed by atoms with Gasteiger partial charge in [-0.05, 0) is 68.3 Å². The summed E-state index contributed by atoms with van der Waals surface area (Å²) >= 11 is 1.21. The maximum atomic E-state index is 13.6. The Labute approximate surface area is 201 Å². The van der Waals surface area contributed by atoms with Gasteiger partial charge in [0.05, 0.1) is 21.8 Å². The highest BCUT2D eigenvalue weighted by Gasteiger charge is 2.22. The van der Waals surface area contributed by atoms with Gasteiger partial charge >= 0.3 is 0 Å². The third kappa shape index (κ3) is 4.58. The predicted octanol–water partition coefficient (Wildman–Crippen LogP) is 4.22. The molecule has 1 atom stereocenters. The Balaban J connectivity index is 1.71. The highest BCUT2D eigenvalue weighted by Crippen LogP contribution is 2.28. The lowest BCUT2D eigenvalue weighted by molar-refractivity contribution is -0.115. The van der Waals surface area contributed by atoms with Crippen LogP contribution in [0.4, 0.5) is 5.69 Å². The molecule has 8 heteroatoms. The molecule has 0 aliphatic heterocycles. The number of nitrogens with zero attached hydrogens (tertiary/aromatic N) is 2. The van der Waals surface area contributed by atoms with Gasteiger partial charge in [-0.3, -0.25) is 19.0 Å². The number of rotatable bonds is 6. The van der Waals surface area contributed by atoms with Gasteiger partial charge < -0.3 is 11.1 Å². The van der Waals surface area contributed by atoms with Crippen LogP contribution in [0.1, 0.15) is 28.4 Å². The zero-order chi connectivity index (χ0) is 24.4. The molecule has 3 N–H and O–H groups in total. The molecule has 3 aromatic carbocycles. The van der Waals surface area contributed by atoms with Gasteiger partial charge in [-0.15, -0.1) is 0 Å². The Hall–Kier alpha value is -3.91. The number of fused-ring (bicyclic) bond motifs is 1. The maximum absolute atomic E-state index is 13.6. The highest BCUT2D eigenvalue weighted by atomic mass is 32.2. The summed E-state index contributed by atoms with van der Waals surface area (Å²) in [5.41, 5.74) is 9.21. The third-order valence-electron chi connectivity index (χ3n) is 5.50. The van der Waals surface area contributed by atoms with Crippen molar-refractivity contribution in [1.82, 2.24) is 9.55 Å². The smallest absolute Gasteiger partial charge is 0.266 e. The lowest BCUT2D eigenvalue weighted by Crippen LogP contribution is -2.27. The van der Waals surface area contributed by atoms with E-state index in [9.17, 15) is 14.4 Å². The summed E-state index contributed by atoms with van der Waals surface area (Å²) < 4.78 is 1.60. The minimum Gasteiger partial charge on any atom is -0.366 e. The van der Waals surface area contributed by atoms with E-state index in [-0.39, 0.29) is 11.5 Å². The molecule has 0 spiro atoms. The van der Waals surface area contributed by atoms with Gasteiger partial charge in [0.25, 0.3) is 5.56 Å². The van der Waals surface area contributed by atoms with Crippen LogP contribution < -0.4 is 16.6 Å². The number of aromatic nitrogens is 2. The van der Waals surface area contributed by atoms with E-state index in [1.165, 1.54) is 11.8 Å². The minimum absolute atomic E-state index is 0.180. The van der Waals surface area contributed by atoms with E-state index in [4.69, 9.17) is 10.7 Å². The molecule has 0 radical (unpaired) electrons. The fourth-order valence-electron chi connectivity index (χ4n) is 3.72. The number of benzene rings is 3. The van der Waals surface area contributed by atoms with Crippen molar-refractivity contribution in [2.75, 3.05) is 5.32 Å². The molecule has 0 aliphatic carbocycles. The number of hydrogen-bond acceptors (Lipinski definition) is 5. The standard InChI is InChI=1S/C26H24N4O3S/c1-15-7-6-8-16(2)22(15)30-25(33)20-9-4-5-10-21(20)29-26(30)34-17(3)24(32)28-19-13-11-18(12-14-19)23(27)31/h4-14,17H,1-3H3,(H2,27,31)(H,28,32). The Morgan fingerprint density at radius 3 is 2.26 bits per heavy atom. The first kappa shape index (κ1) is 23.3. The van der Waals surface area contributed by atoms with Gasteiger partial charge in [0.1, 0.15) is 0 Å². The number of thioether (sulfide) groups is 1. The summed E-state index contributed by atoms with van der Waals surface area (Å²) in [5.74, 6) is -0.791. The van der Waals surface area contributed by atoms with E-state index in [0.717, 1.165) is 16.8 Å². The largest absolute Gasteiger partial charge is 0.366 e. The van der Waals surface area contributed by atoms with E-state index in [0.29, 0.717) is 27.3 Å². The molecule has 34 heavy (non-hydrogen) atoms. The van der Waals surface area contributed by atoms with Crippen molar-refractivity contribution in [2.45, 2.75) is 31.2 Å². The predicted molar refractivity (Wildman–Crippen MR) is 136 cm³/mol. The van der Waals surface area contributed by atoms with E-state index in [1.54, 1.807) is 47.9 Å². The Morgan fingerprint density at radius 1 is 0.971 bits per heavy atom. The minimum atomic E-state index is -0.556. The van der Waals surface area contributed by atoms with Crippen molar-refractivity contribution in [3.8, 4) is 5.69 Å². The van der Waals surface area contributed by atoms with Crippen LogP contribution in [-0.2, 0) is 4.79 Å². The molecule has 0 aliphatic rings. The van der Waals surface area contributed by atoms with Crippen molar-refractivity contribution in [3.63, 3.8) is 0 Å². The molecular weight excluding hydrogens is 448 g/mol. The number of aryl methyl sites for hydroxylation is 2. The maximum Gasteiger partial charge on any atom is 0.266 e. The molecule has 2 amide bonds. The first-order valence-corrected chi connectivity index (χ1v) is 11.6. The SMILES string of the molecule is Cc1cccc(C)c1-n1c(SC(C)C(=O)Nc2ccc(C(N)=O)cc2)nc2ccccc2c1=O. The quantitative estimate of drug-likeness (QED) is 0.323. The monoisotopic (exact) mass is 472 g/mol. The molecule has 4 aromatic rings. The fraction of sp³-hybridized carbons (Fsp3) is 0.154. The second-order valence-corrected chi connectivity index (χ2v) is 9.29. The molecule has 1 heterocycles. The number of primary amides is 1. The number of carbonyl (C=O) groups excluding carboxylic acids is 2. The van der Waals surface area contributed by atoms with E-state index < -0.39 is 11.2 Å². The number of nitrogens with two attached hydrogens (primary N) is 1. The van der Waals surface area contributed by atoms with Crippen LogP contribution in [0.2, 0.25) is 0 Å². The van der Waals surface area contributed by atoms with E-state index in [1.807, 2.05) is 44.2 Å². The summed E-state index contributed by atoms with van der Waals surface area (Å²) in [5, 5.41) is 3.23. The zero-order valence-electron chi connectivity index (χ0n) is 19.0. The topological polar surface area (TPSA) is 107 Å². The summed E-state index contributed by atoms with van der Waals surface area (Å²) in [7, 11) is 0. The summed E-state index contributed by atoms with van der Waals surface area (Å²) in [6, 6.07) is 19.4. The highest BCUT2D eigenvalue weighted by molar-refractivity contribution is 8.00. The molecule has 7 nitrogen and oxygen atoms in total. The molecule has 1 unspecified atom stereocenters. The number of amides is 2. The van der Waals surface area contributed by atoms with Gasteiger partial charge in [0.15, 0.2) is 5.16 Å². The van der Waals surface area contributed by atoms with Gasteiger partial charge in [-0.1, -0.05) is 42.1 Å². The van der Waals surface area contributed by atoms with Gasteiger partial charge in [-0.2, -0.15) is 0 Å². The molecule has 4 rings (SSSR count). The van der Waals surface area contributed by atoms with Gasteiger partial charge in [-0.25, -0.2) is 4.98 Å². The molecule has 172 valence electrons. The van der Waals surface area contributed by atoms with Gasteiger partial charge in [0, 0.05) is 11.3 Å². The van der Waals surface area contributed by atoms with Crippen molar-refractivity contribution in [1.29, 1.82) is 0 Å². The summed E-state index contributed by atoms with van der Waals surface area (Å²) in [6.07, 6.45) is 0. The Bertz CT molecular complexity index is 1440. The number of para-hydroxylation sites is 2. The van der Waals surface area contributed by atoms with Crippen LogP contribution in [0.3, 0.4) is 0 Å². The molecule has 0 saturated carbocycles. The lowest BCUT2D eigenvalue weighted by atomic mass is 10.1. The lowest BCUT2D eigenvalue weighted by Gasteiger charge is -2.19. The Kier molecular flexibility index (Phi) is 6.51. The van der Waals surface area contributed by atoms with Crippen molar-refractivity contribution >= 4 is 40.2 Å². The first-order chi connectivity index (χ1) is 16.3. The van der Waals surface area contributed by atoms with Crippen LogP contribution in [0.5, 0.6) is 0 Å². The molecule has 0 saturated heterocycles. The number of hydrogen-bond donors (Lipinski definition) is 2. The number of carbonyl (C=O) groups is 2. The Morgan fingerprint density at radius 2 is 1.62 bits per heavy atom. The van der Waals surface area contributed by atoms with Crippen molar-refractivity contribution in [3.05, 3.63) is 93.8 Å². The van der Waals surface area contributed by atoms with E-state index >= 15 is 0 Å². The fourth-order valence-corrected chi connectivity index (χ4v) is 4.63. The normalized spacial score (nSPS) is 11.9. The molecule has 1 aromatic heterocycles. The second-order valence-electron chi connectivity index (χ2n) is 7.98. The number of anilines is 1. The van der Waals surface area contributed by atoms with Crippen LogP contribution in [-0.4, -0.2) is 26.6 Å². The second kappa shape index (κ2) is 9.52. The molecule has 0 fully saturated rings. The van der Waals surface area contributed by atoms with Crippen LogP contribution in [0.15, 0.2) is 76.7 Å². The van der Waals surface area contributed by atoms with Crippen LogP contribution >= 0.6 is 11.8 Å². The average molecular weight is 473 g/mol. The van der Waals surface area contributed by atoms with Gasteiger partial charge in [0.2, 0.25) is 11.8 Å². The first-order valence-electron chi connectivity index (χ1n) is 10.7. The molecular formula is C26H24N4O3S. The van der Waals surface area contributed by atoms with Crippen molar-refractivity contribution in [2.24, 2.45) is 5.73 Å². The zero-order valence-corrected chi connectivity index (χ0v) is 19.8. The number of nitrogens with one attached hydrogen (secondary N) is 1. The van der Waals surface area contributed by atoms with Crippen molar-refractivity contribution < 1.29 is 9.59 Å². The van der Waals surface area contributed by atoms with E-state index in [2.05, 4.69) is 5.32 Å². The third-order valence-corrected chi connectivity index (χ3v) is 6.55. The average Bonchev–Trinajstić information content (AvgIpc) is 2.81.